The first-order chi connectivity index (χ1) is 16.9. The van der Waals surface area contributed by atoms with E-state index in [0.29, 0.717) is 48.6 Å². The monoisotopic (exact) mass is 470 g/mol. The number of H-pyrrole nitrogens is 1. The number of carbonyl (C=O) groups excluding carboxylic acids is 3. The number of rotatable bonds is 4. The number of amides is 3. The number of fused-ring (bicyclic) bond motifs is 3. The summed E-state index contributed by atoms with van der Waals surface area (Å²) in [5, 5.41) is 1.63. The van der Waals surface area contributed by atoms with Crippen LogP contribution in [0.4, 0.5) is 0 Å². The molecule has 3 amide bonds. The molecule has 1 aliphatic heterocycles. The number of para-hydroxylation sites is 1. The number of hydrogen-bond donors (Lipinski definition) is 2. The molecular weight excluding hydrogens is 444 g/mol. The van der Waals surface area contributed by atoms with Gasteiger partial charge in [0.25, 0.3) is 11.8 Å². The summed E-state index contributed by atoms with van der Waals surface area (Å²) < 4.78 is 5.52. The van der Waals surface area contributed by atoms with Gasteiger partial charge in [-0.2, -0.15) is 0 Å². The summed E-state index contributed by atoms with van der Waals surface area (Å²) in [5.41, 5.74) is 9.73. The molecule has 35 heavy (non-hydrogen) atoms. The summed E-state index contributed by atoms with van der Waals surface area (Å²) in [4.78, 5) is 44.0. The Hall–Kier alpha value is -4.33. The third-order valence-electron chi connectivity index (χ3n) is 6.65. The fourth-order valence-corrected chi connectivity index (χ4v) is 4.77. The average Bonchev–Trinajstić information content (AvgIpc) is 3.25. The van der Waals surface area contributed by atoms with Gasteiger partial charge in [-0.1, -0.05) is 18.2 Å². The summed E-state index contributed by atoms with van der Waals surface area (Å²) in [6.07, 6.45) is 0. The molecule has 2 heterocycles. The topological polar surface area (TPSA) is 109 Å². The number of methoxy groups -OCH3 is 1. The second-order valence-corrected chi connectivity index (χ2v) is 8.69. The average molecular weight is 471 g/mol. The molecule has 0 saturated carbocycles. The van der Waals surface area contributed by atoms with E-state index >= 15 is 0 Å². The number of nitrogens with one attached hydrogen (secondary N) is 1. The van der Waals surface area contributed by atoms with E-state index in [-0.39, 0.29) is 11.8 Å². The van der Waals surface area contributed by atoms with E-state index in [1.54, 1.807) is 36.0 Å². The Morgan fingerprint density at radius 1 is 0.914 bits per heavy atom. The molecule has 4 aromatic rings. The van der Waals surface area contributed by atoms with Crippen LogP contribution in [0.3, 0.4) is 0 Å². The normalized spacial score (nSPS) is 13.9. The second-order valence-electron chi connectivity index (χ2n) is 8.69. The molecular formula is C27H26N4O4. The van der Waals surface area contributed by atoms with E-state index in [9.17, 15) is 14.4 Å². The first kappa shape index (κ1) is 22.5. The van der Waals surface area contributed by atoms with Crippen LogP contribution in [0.25, 0.3) is 32.9 Å². The van der Waals surface area contributed by atoms with Gasteiger partial charge in [-0.05, 0) is 42.0 Å². The summed E-state index contributed by atoms with van der Waals surface area (Å²) in [6.45, 7) is 3.59. The second kappa shape index (κ2) is 8.79. The van der Waals surface area contributed by atoms with Crippen molar-refractivity contribution < 1.29 is 19.1 Å². The number of piperazine rings is 1. The quantitative estimate of drug-likeness (QED) is 0.476. The minimum atomic E-state index is -0.544. The molecule has 0 aliphatic carbocycles. The van der Waals surface area contributed by atoms with E-state index in [1.807, 2.05) is 42.5 Å². The molecule has 0 unspecified atom stereocenters. The van der Waals surface area contributed by atoms with Crippen molar-refractivity contribution in [1.82, 2.24) is 14.8 Å². The number of ether oxygens (including phenoxy) is 1. The highest BCUT2D eigenvalue weighted by molar-refractivity contribution is 6.17. The molecule has 0 radical (unpaired) electrons. The lowest BCUT2D eigenvalue weighted by molar-refractivity contribution is -0.130. The Morgan fingerprint density at radius 2 is 1.63 bits per heavy atom. The zero-order chi connectivity index (χ0) is 24.7. The molecule has 1 aromatic heterocycles. The molecule has 0 spiro atoms. The molecule has 1 saturated heterocycles. The van der Waals surface area contributed by atoms with Crippen molar-refractivity contribution in [2.24, 2.45) is 5.73 Å². The largest absolute Gasteiger partial charge is 0.496 e. The van der Waals surface area contributed by atoms with Gasteiger partial charge in [-0.25, -0.2) is 0 Å². The Balaban J connectivity index is 1.60. The van der Waals surface area contributed by atoms with Crippen molar-refractivity contribution in [3.05, 3.63) is 65.7 Å². The van der Waals surface area contributed by atoms with Crippen molar-refractivity contribution in [2.75, 3.05) is 33.3 Å². The Bertz CT molecular complexity index is 1480. The van der Waals surface area contributed by atoms with Gasteiger partial charge in [0.15, 0.2) is 0 Å². The van der Waals surface area contributed by atoms with Crippen LogP contribution >= 0.6 is 0 Å². The van der Waals surface area contributed by atoms with Crippen LogP contribution in [0.15, 0.2) is 54.6 Å². The third-order valence-corrected chi connectivity index (χ3v) is 6.65. The van der Waals surface area contributed by atoms with Crippen molar-refractivity contribution in [3.63, 3.8) is 0 Å². The molecule has 178 valence electrons. The summed E-state index contributed by atoms with van der Waals surface area (Å²) in [7, 11) is 1.60. The third kappa shape index (κ3) is 3.97. The van der Waals surface area contributed by atoms with Crippen LogP contribution < -0.4 is 10.5 Å². The lowest BCUT2D eigenvalue weighted by Gasteiger charge is -2.34. The van der Waals surface area contributed by atoms with E-state index < -0.39 is 5.91 Å². The minimum absolute atomic E-state index is 0.0217. The number of benzene rings is 3. The minimum Gasteiger partial charge on any atom is -0.496 e. The summed E-state index contributed by atoms with van der Waals surface area (Å²) in [6, 6.07) is 16.8. The van der Waals surface area contributed by atoms with Crippen LogP contribution in [-0.4, -0.2) is 65.8 Å². The van der Waals surface area contributed by atoms with E-state index in [0.717, 1.165) is 27.4 Å². The maximum atomic E-state index is 13.2. The predicted octanol–water partition coefficient (Wildman–Crippen LogP) is 3.40. The summed E-state index contributed by atoms with van der Waals surface area (Å²) >= 11 is 0. The standard InChI is InChI=1S/C27H26N4O4/c1-16(32)30-9-11-31(12-10-30)27(34)17-7-8-23-20(13-17)21-14-18(15-22(26(28)33)25(21)29-23)19-5-3-4-6-24(19)35-2/h3-8,13-15,29H,9-12H2,1-2H3,(H2,28,33). The van der Waals surface area contributed by atoms with E-state index in [2.05, 4.69) is 4.98 Å². The van der Waals surface area contributed by atoms with Gasteiger partial charge in [0.05, 0.1) is 18.2 Å². The fraction of sp³-hybridized carbons (Fsp3) is 0.222. The van der Waals surface area contributed by atoms with Crippen LogP contribution in [0.1, 0.15) is 27.6 Å². The number of aromatic amines is 1. The number of nitrogens with zero attached hydrogens (tertiary/aromatic N) is 2. The fourth-order valence-electron chi connectivity index (χ4n) is 4.77. The highest BCUT2D eigenvalue weighted by Crippen LogP contribution is 2.36. The van der Waals surface area contributed by atoms with Gasteiger partial charge in [0.1, 0.15) is 5.75 Å². The highest BCUT2D eigenvalue weighted by atomic mass is 16.5. The molecule has 0 atom stereocenters. The molecule has 8 nitrogen and oxygen atoms in total. The molecule has 1 aliphatic rings. The van der Waals surface area contributed by atoms with Crippen molar-refractivity contribution in [3.8, 4) is 16.9 Å². The van der Waals surface area contributed by atoms with Crippen molar-refractivity contribution in [2.45, 2.75) is 6.92 Å². The molecule has 8 heteroatoms. The van der Waals surface area contributed by atoms with E-state index in [4.69, 9.17) is 10.5 Å². The Kier molecular flexibility index (Phi) is 5.64. The van der Waals surface area contributed by atoms with Gasteiger partial charge in [-0.3, -0.25) is 14.4 Å². The number of nitrogens with two attached hydrogens (primary N) is 1. The highest BCUT2D eigenvalue weighted by Gasteiger charge is 2.24. The number of aromatic nitrogens is 1. The van der Waals surface area contributed by atoms with Gasteiger partial charge < -0.3 is 25.3 Å². The number of carbonyl (C=O) groups is 3. The van der Waals surface area contributed by atoms with Gasteiger partial charge in [0.2, 0.25) is 5.91 Å². The molecule has 5 rings (SSSR count). The van der Waals surface area contributed by atoms with Gasteiger partial charge in [0, 0.05) is 60.5 Å². The van der Waals surface area contributed by atoms with Crippen molar-refractivity contribution >= 4 is 39.5 Å². The number of primary amides is 1. The number of hydrogen-bond acceptors (Lipinski definition) is 4. The zero-order valence-corrected chi connectivity index (χ0v) is 19.6. The lowest BCUT2D eigenvalue weighted by Crippen LogP contribution is -2.50. The van der Waals surface area contributed by atoms with Crippen LogP contribution in [0.2, 0.25) is 0 Å². The van der Waals surface area contributed by atoms with Crippen LogP contribution in [-0.2, 0) is 4.79 Å². The maximum Gasteiger partial charge on any atom is 0.253 e. The van der Waals surface area contributed by atoms with Crippen LogP contribution in [0.5, 0.6) is 5.75 Å². The molecule has 3 N–H and O–H groups in total. The molecule has 1 fully saturated rings. The molecule has 0 bridgehead atoms. The predicted molar refractivity (Wildman–Crippen MR) is 134 cm³/mol. The van der Waals surface area contributed by atoms with Gasteiger partial charge in [-0.15, -0.1) is 0 Å². The smallest absolute Gasteiger partial charge is 0.253 e. The van der Waals surface area contributed by atoms with Crippen molar-refractivity contribution in [1.29, 1.82) is 0 Å². The lowest BCUT2D eigenvalue weighted by atomic mass is 9.97. The Morgan fingerprint density at radius 3 is 2.31 bits per heavy atom. The van der Waals surface area contributed by atoms with Crippen LogP contribution in [0, 0.1) is 0 Å². The SMILES string of the molecule is COc1ccccc1-c1cc(C(N)=O)c2[nH]c3ccc(C(=O)N4CCN(C(C)=O)CC4)cc3c2c1. The first-order valence-corrected chi connectivity index (χ1v) is 11.4. The van der Waals surface area contributed by atoms with Gasteiger partial charge >= 0.3 is 0 Å². The zero-order valence-electron chi connectivity index (χ0n) is 19.6. The molecule has 3 aromatic carbocycles. The maximum absolute atomic E-state index is 13.2. The van der Waals surface area contributed by atoms with E-state index in [1.165, 1.54) is 0 Å². The Labute approximate surface area is 202 Å². The first-order valence-electron chi connectivity index (χ1n) is 11.4. The summed E-state index contributed by atoms with van der Waals surface area (Å²) in [5.74, 6) is 0.0782.